The second-order valence-corrected chi connectivity index (χ2v) is 6.54. The number of halogens is 1. The molecule has 0 aliphatic heterocycles. The first-order chi connectivity index (χ1) is 11.2. The molecule has 4 nitrogen and oxygen atoms in total. The predicted octanol–water partition coefficient (Wildman–Crippen LogP) is 3.24. The van der Waals surface area contributed by atoms with Crippen molar-refractivity contribution in [3.63, 3.8) is 0 Å². The van der Waals surface area contributed by atoms with Crippen molar-refractivity contribution in [2.75, 3.05) is 26.8 Å². The third kappa shape index (κ3) is 6.13. The molecule has 0 atom stereocenters. The zero-order chi connectivity index (χ0) is 16.5. The molecule has 1 aromatic rings. The molecule has 1 amide bonds. The number of carbonyl (C=O) groups is 1. The van der Waals surface area contributed by atoms with Crippen molar-refractivity contribution < 1.29 is 9.53 Å². The molecule has 23 heavy (non-hydrogen) atoms. The summed E-state index contributed by atoms with van der Waals surface area (Å²) in [5.74, 6) is 0.0834. The van der Waals surface area contributed by atoms with Gasteiger partial charge in [0.15, 0.2) is 0 Å². The highest BCUT2D eigenvalue weighted by molar-refractivity contribution is 6.31. The van der Waals surface area contributed by atoms with Crippen LogP contribution in [0, 0.1) is 0 Å². The van der Waals surface area contributed by atoms with Crippen molar-refractivity contribution in [2.24, 2.45) is 0 Å². The van der Waals surface area contributed by atoms with Crippen LogP contribution in [0.15, 0.2) is 24.3 Å². The molecule has 0 aromatic heterocycles. The second-order valence-electron chi connectivity index (χ2n) is 6.13. The first-order valence-electron chi connectivity index (χ1n) is 8.44. The van der Waals surface area contributed by atoms with Gasteiger partial charge in [0, 0.05) is 37.9 Å². The van der Waals surface area contributed by atoms with E-state index in [-0.39, 0.29) is 5.91 Å². The standard InChI is InChI=1S/C18H27ClN2O2/c1-23-12-6-11-20-18(22)14-21(16-8-3-4-9-16)13-15-7-2-5-10-17(15)19/h2,5,7,10,16H,3-4,6,8-9,11-14H2,1H3,(H,20,22). The molecule has 0 heterocycles. The Labute approximate surface area is 144 Å². The van der Waals surface area contributed by atoms with Crippen LogP contribution in [0.2, 0.25) is 5.02 Å². The molecule has 1 fully saturated rings. The van der Waals surface area contributed by atoms with E-state index in [9.17, 15) is 4.79 Å². The van der Waals surface area contributed by atoms with Gasteiger partial charge in [-0.25, -0.2) is 0 Å². The van der Waals surface area contributed by atoms with Crippen LogP contribution in [-0.2, 0) is 16.1 Å². The Morgan fingerprint density at radius 1 is 1.35 bits per heavy atom. The Balaban J connectivity index is 1.92. The molecular weight excluding hydrogens is 312 g/mol. The van der Waals surface area contributed by atoms with Crippen molar-refractivity contribution in [1.29, 1.82) is 0 Å². The fourth-order valence-electron chi connectivity index (χ4n) is 3.11. The minimum atomic E-state index is 0.0834. The highest BCUT2D eigenvalue weighted by Gasteiger charge is 2.24. The monoisotopic (exact) mass is 338 g/mol. The molecule has 0 radical (unpaired) electrons. The SMILES string of the molecule is COCCCNC(=O)CN(Cc1ccccc1Cl)C1CCCC1. The second kappa shape index (κ2) is 9.91. The minimum Gasteiger partial charge on any atom is -0.385 e. The van der Waals surface area contributed by atoms with Crippen LogP contribution >= 0.6 is 11.6 Å². The lowest BCUT2D eigenvalue weighted by Gasteiger charge is -2.28. The highest BCUT2D eigenvalue weighted by atomic mass is 35.5. The number of nitrogens with one attached hydrogen (secondary N) is 1. The van der Waals surface area contributed by atoms with E-state index in [4.69, 9.17) is 16.3 Å². The summed E-state index contributed by atoms with van der Waals surface area (Å²) in [7, 11) is 1.67. The number of nitrogens with zero attached hydrogens (tertiary/aromatic N) is 1. The Morgan fingerprint density at radius 3 is 2.78 bits per heavy atom. The summed E-state index contributed by atoms with van der Waals surface area (Å²) in [6, 6.07) is 8.37. The van der Waals surface area contributed by atoms with E-state index in [0.29, 0.717) is 25.7 Å². The maximum atomic E-state index is 12.2. The van der Waals surface area contributed by atoms with Crippen molar-refractivity contribution >= 4 is 17.5 Å². The summed E-state index contributed by atoms with van der Waals surface area (Å²) in [5, 5.41) is 3.75. The van der Waals surface area contributed by atoms with Gasteiger partial charge in [0.25, 0.3) is 0 Å². The molecule has 1 aliphatic rings. The lowest BCUT2D eigenvalue weighted by molar-refractivity contribution is -0.123. The Kier molecular flexibility index (Phi) is 7.86. The molecule has 0 unspecified atom stereocenters. The summed E-state index contributed by atoms with van der Waals surface area (Å²) in [6.45, 7) is 2.50. The number of amides is 1. The fourth-order valence-corrected chi connectivity index (χ4v) is 3.31. The molecule has 1 aliphatic carbocycles. The van der Waals surface area contributed by atoms with E-state index in [1.165, 1.54) is 25.7 Å². The van der Waals surface area contributed by atoms with Crippen molar-refractivity contribution in [3.8, 4) is 0 Å². The molecule has 1 aromatic carbocycles. The van der Waals surface area contributed by atoms with Crippen LogP contribution < -0.4 is 5.32 Å². The van der Waals surface area contributed by atoms with Crippen LogP contribution in [-0.4, -0.2) is 43.7 Å². The van der Waals surface area contributed by atoms with Gasteiger partial charge in [0.05, 0.1) is 6.54 Å². The van der Waals surface area contributed by atoms with Crippen LogP contribution in [0.4, 0.5) is 0 Å². The van der Waals surface area contributed by atoms with Gasteiger partial charge < -0.3 is 10.1 Å². The maximum absolute atomic E-state index is 12.2. The molecule has 0 spiro atoms. The molecule has 1 N–H and O–H groups in total. The molecule has 5 heteroatoms. The molecule has 0 bridgehead atoms. The largest absolute Gasteiger partial charge is 0.385 e. The van der Waals surface area contributed by atoms with E-state index in [1.807, 2.05) is 24.3 Å². The smallest absolute Gasteiger partial charge is 0.234 e. The van der Waals surface area contributed by atoms with Crippen LogP contribution in [0.25, 0.3) is 0 Å². The van der Waals surface area contributed by atoms with Crippen LogP contribution in [0.1, 0.15) is 37.7 Å². The van der Waals surface area contributed by atoms with Gasteiger partial charge in [-0.3, -0.25) is 9.69 Å². The van der Waals surface area contributed by atoms with Gasteiger partial charge in [0.1, 0.15) is 0 Å². The first kappa shape index (κ1) is 18.2. The molecular formula is C18H27ClN2O2. The van der Waals surface area contributed by atoms with Crippen molar-refractivity contribution in [2.45, 2.75) is 44.7 Å². The summed E-state index contributed by atoms with van der Waals surface area (Å²) in [6.07, 6.45) is 5.68. The number of rotatable bonds is 9. The van der Waals surface area contributed by atoms with Gasteiger partial charge in [0.2, 0.25) is 5.91 Å². The predicted molar refractivity (Wildman–Crippen MR) is 93.6 cm³/mol. The average Bonchev–Trinajstić information content (AvgIpc) is 3.07. The van der Waals surface area contributed by atoms with Crippen LogP contribution in [0.5, 0.6) is 0 Å². The van der Waals surface area contributed by atoms with E-state index in [1.54, 1.807) is 7.11 Å². The number of carbonyl (C=O) groups excluding carboxylic acids is 1. The summed E-state index contributed by atoms with van der Waals surface area (Å²) < 4.78 is 5.00. The highest BCUT2D eigenvalue weighted by Crippen LogP contribution is 2.26. The first-order valence-corrected chi connectivity index (χ1v) is 8.81. The van der Waals surface area contributed by atoms with E-state index in [2.05, 4.69) is 10.2 Å². The third-order valence-corrected chi connectivity index (χ3v) is 4.74. The van der Waals surface area contributed by atoms with E-state index >= 15 is 0 Å². The lowest BCUT2D eigenvalue weighted by Crippen LogP contribution is -2.42. The zero-order valence-corrected chi connectivity index (χ0v) is 14.6. The summed E-state index contributed by atoms with van der Waals surface area (Å²) in [5.41, 5.74) is 1.09. The Morgan fingerprint density at radius 2 is 2.09 bits per heavy atom. The van der Waals surface area contributed by atoms with Crippen molar-refractivity contribution in [1.82, 2.24) is 10.2 Å². The van der Waals surface area contributed by atoms with Gasteiger partial charge in [-0.05, 0) is 30.9 Å². The summed E-state index contributed by atoms with van der Waals surface area (Å²) >= 11 is 6.29. The number of benzene rings is 1. The normalized spacial score (nSPS) is 15.3. The number of hydrogen-bond donors (Lipinski definition) is 1. The number of hydrogen-bond acceptors (Lipinski definition) is 3. The van der Waals surface area contributed by atoms with Gasteiger partial charge >= 0.3 is 0 Å². The lowest BCUT2D eigenvalue weighted by atomic mass is 10.1. The Bertz CT molecular complexity index is 490. The van der Waals surface area contributed by atoms with E-state index < -0.39 is 0 Å². The zero-order valence-electron chi connectivity index (χ0n) is 13.9. The number of methoxy groups -OCH3 is 1. The maximum Gasteiger partial charge on any atom is 0.234 e. The Hall–Kier alpha value is -1.10. The molecule has 0 saturated heterocycles. The molecule has 2 rings (SSSR count). The van der Waals surface area contributed by atoms with E-state index in [0.717, 1.165) is 23.6 Å². The minimum absolute atomic E-state index is 0.0834. The van der Waals surface area contributed by atoms with Crippen molar-refractivity contribution in [3.05, 3.63) is 34.9 Å². The average molecular weight is 339 g/mol. The molecule has 1 saturated carbocycles. The van der Waals surface area contributed by atoms with Gasteiger partial charge in [-0.1, -0.05) is 42.6 Å². The third-order valence-electron chi connectivity index (χ3n) is 4.37. The van der Waals surface area contributed by atoms with Crippen LogP contribution in [0.3, 0.4) is 0 Å². The molecule has 128 valence electrons. The topological polar surface area (TPSA) is 41.6 Å². The number of ether oxygens (including phenoxy) is 1. The summed E-state index contributed by atoms with van der Waals surface area (Å²) in [4.78, 5) is 14.5. The van der Waals surface area contributed by atoms with Gasteiger partial charge in [-0.2, -0.15) is 0 Å². The fraction of sp³-hybridized carbons (Fsp3) is 0.611. The van der Waals surface area contributed by atoms with Gasteiger partial charge in [-0.15, -0.1) is 0 Å². The quantitative estimate of drug-likeness (QED) is 0.703.